The van der Waals surface area contributed by atoms with Gasteiger partial charge in [0.05, 0.1) is 57.4 Å². The van der Waals surface area contributed by atoms with Gasteiger partial charge in [-0.05, 0) is 68.1 Å². The number of aromatic nitrogens is 4. The van der Waals surface area contributed by atoms with Crippen LogP contribution in [0, 0.1) is 0 Å². The van der Waals surface area contributed by atoms with Gasteiger partial charge in [-0.15, -0.1) is 0 Å². The predicted octanol–water partition coefficient (Wildman–Crippen LogP) is 7.62. The highest BCUT2D eigenvalue weighted by Gasteiger charge is 2.39. The fourth-order valence-electron chi connectivity index (χ4n) is 5.17. The van der Waals surface area contributed by atoms with Crippen LogP contribution in [-0.4, -0.2) is 67.0 Å². The Hall–Kier alpha value is -3.02. The van der Waals surface area contributed by atoms with Gasteiger partial charge in [-0.1, -0.05) is 51.1 Å². The van der Waals surface area contributed by atoms with Crippen LogP contribution in [0.1, 0.15) is 58.7 Å². The zero-order chi connectivity index (χ0) is 31.9. The van der Waals surface area contributed by atoms with Crippen LogP contribution in [0.5, 0.6) is 5.75 Å². The van der Waals surface area contributed by atoms with Crippen molar-refractivity contribution in [3.63, 3.8) is 0 Å². The average Bonchev–Trinajstić information content (AvgIpc) is 3.63. The van der Waals surface area contributed by atoms with E-state index in [-0.39, 0.29) is 17.4 Å². The smallest absolute Gasteiger partial charge is 0.250 e. The number of nitrogens with zero attached hydrogens (tertiary/aromatic N) is 4. The zero-order valence-corrected chi connectivity index (χ0v) is 28.8. The lowest BCUT2D eigenvalue weighted by molar-refractivity contribution is -0.0365. The third-order valence-corrected chi connectivity index (χ3v) is 13.1. The van der Waals surface area contributed by atoms with E-state index in [1.165, 1.54) is 0 Å². The highest BCUT2D eigenvalue weighted by atomic mass is 28.4. The zero-order valence-electron chi connectivity index (χ0n) is 27.8. The molecule has 2 aromatic heterocycles. The average molecular weight is 635 g/mol. The van der Waals surface area contributed by atoms with E-state index in [2.05, 4.69) is 87.1 Å². The van der Waals surface area contributed by atoms with Crippen molar-refractivity contribution < 1.29 is 23.4 Å². The molecule has 1 aliphatic heterocycles. The molecule has 2 atom stereocenters. The summed E-state index contributed by atoms with van der Waals surface area (Å²) in [5, 5.41) is 10.9. The molecule has 244 valence electrons. The molecular formula is C35H50N4O5Si. The Labute approximate surface area is 268 Å². The summed E-state index contributed by atoms with van der Waals surface area (Å²) in [6, 6.07) is 16.5. The molecule has 0 aliphatic carbocycles. The highest BCUT2D eigenvalue weighted by Crippen LogP contribution is 2.39. The van der Waals surface area contributed by atoms with Gasteiger partial charge in [0.2, 0.25) is 8.32 Å². The maximum atomic E-state index is 6.69. The van der Waals surface area contributed by atoms with E-state index in [0.29, 0.717) is 39.6 Å². The lowest BCUT2D eigenvalue weighted by Crippen LogP contribution is -2.43. The third kappa shape index (κ3) is 8.83. The van der Waals surface area contributed by atoms with E-state index in [1.807, 2.05) is 29.1 Å². The molecule has 0 N–H and O–H groups in total. The first-order chi connectivity index (χ1) is 21.6. The Morgan fingerprint density at radius 3 is 2.53 bits per heavy atom. The SMILES string of the molecule is C[C@H](Cn1cc(-c2nn(C3CCCCO3)c3ccc(O[Si](C)(C)C(C)(C)C)cc23)cn1)OCCOCCOCc1ccccc1. The van der Waals surface area contributed by atoms with Crippen LogP contribution in [0.15, 0.2) is 60.9 Å². The fourth-order valence-corrected chi connectivity index (χ4v) is 6.20. The van der Waals surface area contributed by atoms with Crippen LogP contribution in [0.3, 0.4) is 0 Å². The van der Waals surface area contributed by atoms with Crippen LogP contribution in [0.25, 0.3) is 22.2 Å². The number of hydrogen-bond acceptors (Lipinski definition) is 7. The minimum atomic E-state index is -2.00. The van der Waals surface area contributed by atoms with Crippen LogP contribution in [-0.2, 0) is 32.1 Å². The number of rotatable bonds is 15. The number of hydrogen-bond donors (Lipinski definition) is 0. The van der Waals surface area contributed by atoms with Gasteiger partial charge in [0.1, 0.15) is 11.4 Å². The Morgan fingerprint density at radius 1 is 1.00 bits per heavy atom. The molecule has 9 nitrogen and oxygen atoms in total. The van der Waals surface area contributed by atoms with Gasteiger partial charge in [0.15, 0.2) is 6.23 Å². The van der Waals surface area contributed by atoms with Crippen LogP contribution in [0.2, 0.25) is 18.1 Å². The van der Waals surface area contributed by atoms with Crippen molar-refractivity contribution >= 4 is 19.2 Å². The summed E-state index contributed by atoms with van der Waals surface area (Å²) < 4.78 is 34.2. The Kier molecular flexibility index (Phi) is 11.1. The molecule has 0 spiro atoms. The monoisotopic (exact) mass is 634 g/mol. The number of benzene rings is 2. The summed E-state index contributed by atoms with van der Waals surface area (Å²) in [5.74, 6) is 0.888. The van der Waals surface area contributed by atoms with E-state index in [4.69, 9.17) is 28.5 Å². The second kappa shape index (κ2) is 15.0. The molecule has 1 unspecified atom stereocenters. The Bertz CT molecular complexity index is 1490. The number of ether oxygens (including phenoxy) is 4. The second-order valence-corrected chi connectivity index (χ2v) is 18.2. The van der Waals surface area contributed by atoms with E-state index < -0.39 is 8.32 Å². The topological polar surface area (TPSA) is 81.8 Å². The van der Waals surface area contributed by atoms with Crippen molar-refractivity contribution in [1.82, 2.24) is 19.6 Å². The van der Waals surface area contributed by atoms with E-state index in [0.717, 1.165) is 59.3 Å². The Balaban J connectivity index is 1.19. The van der Waals surface area contributed by atoms with Gasteiger partial charge in [0, 0.05) is 23.8 Å². The van der Waals surface area contributed by atoms with Crippen molar-refractivity contribution in [2.24, 2.45) is 0 Å². The minimum Gasteiger partial charge on any atom is -0.543 e. The van der Waals surface area contributed by atoms with Crippen molar-refractivity contribution in [2.75, 3.05) is 33.0 Å². The first-order valence-corrected chi connectivity index (χ1v) is 19.2. The van der Waals surface area contributed by atoms with Crippen molar-refractivity contribution in [3.05, 3.63) is 66.5 Å². The second-order valence-electron chi connectivity index (χ2n) is 13.4. The molecular weight excluding hydrogens is 584 g/mol. The van der Waals surface area contributed by atoms with Gasteiger partial charge in [0.25, 0.3) is 0 Å². The van der Waals surface area contributed by atoms with Gasteiger partial charge >= 0.3 is 0 Å². The maximum Gasteiger partial charge on any atom is 0.250 e. The summed E-state index contributed by atoms with van der Waals surface area (Å²) >= 11 is 0. The van der Waals surface area contributed by atoms with Gasteiger partial charge in [-0.25, -0.2) is 4.68 Å². The quantitative estimate of drug-likeness (QED) is 0.0983. The molecule has 1 fully saturated rings. The molecule has 1 saturated heterocycles. The van der Waals surface area contributed by atoms with Crippen LogP contribution in [0.4, 0.5) is 0 Å². The third-order valence-electron chi connectivity index (χ3n) is 8.75. The van der Waals surface area contributed by atoms with Crippen LogP contribution >= 0.6 is 0 Å². The summed E-state index contributed by atoms with van der Waals surface area (Å²) in [4.78, 5) is 0. The van der Waals surface area contributed by atoms with Crippen molar-refractivity contribution in [2.45, 2.75) is 90.6 Å². The molecule has 0 bridgehead atoms. The number of fused-ring (bicyclic) bond motifs is 1. The molecule has 45 heavy (non-hydrogen) atoms. The molecule has 4 aromatic rings. The molecule has 0 saturated carbocycles. The highest BCUT2D eigenvalue weighted by molar-refractivity contribution is 6.74. The molecule has 2 aromatic carbocycles. The van der Waals surface area contributed by atoms with E-state index in [1.54, 1.807) is 0 Å². The summed E-state index contributed by atoms with van der Waals surface area (Å²) in [5.41, 5.74) is 4.07. The normalized spacial score (nSPS) is 16.7. The first kappa shape index (κ1) is 33.3. The lowest BCUT2D eigenvalue weighted by Gasteiger charge is -2.36. The fraction of sp³-hybridized carbons (Fsp3) is 0.543. The van der Waals surface area contributed by atoms with Crippen molar-refractivity contribution in [3.8, 4) is 17.0 Å². The molecule has 0 radical (unpaired) electrons. The van der Waals surface area contributed by atoms with E-state index in [9.17, 15) is 0 Å². The summed E-state index contributed by atoms with van der Waals surface area (Å²) in [6.45, 7) is 17.5. The molecule has 10 heteroatoms. The first-order valence-electron chi connectivity index (χ1n) is 16.3. The summed E-state index contributed by atoms with van der Waals surface area (Å²) in [7, 11) is -2.00. The molecule has 5 rings (SSSR count). The minimum absolute atomic E-state index is 0.0230. The van der Waals surface area contributed by atoms with Gasteiger partial charge in [-0.3, -0.25) is 4.68 Å². The molecule has 0 amide bonds. The summed E-state index contributed by atoms with van der Waals surface area (Å²) in [6.07, 6.45) is 7.03. The van der Waals surface area contributed by atoms with Crippen LogP contribution < -0.4 is 4.43 Å². The Morgan fingerprint density at radius 2 is 1.78 bits per heavy atom. The van der Waals surface area contributed by atoms with Crippen molar-refractivity contribution in [1.29, 1.82) is 0 Å². The van der Waals surface area contributed by atoms with Gasteiger partial charge < -0.3 is 23.4 Å². The van der Waals surface area contributed by atoms with Gasteiger partial charge in [-0.2, -0.15) is 10.2 Å². The standard InChI is InChI=1S/C35H50N4O5Si/c1-27(42-21-20-40-18-19-41-26-28-12-8-7-9-13-28)24-38-25-29(23-36-38)34-31-22-30(44-45(5,6)35(2,3)4)15-16-32(31)39(37-34)33-14-10-11-17-43-33/h7-9,12-13,15-16,22-23,25,27,33H,10-11,14,17-21,24,26H2,1-6H3/t27-,33?/m1/s1. The molecule has 1 aliphatic rings. The maximum absolute atomic E-state index is 6.69. The largest absolute Gasteiger partial charge is 0.543 e. The predicted molar refractivity (Wildman–Crippen MR) is 180 cm³/mol. The molecule has 3 heterocycles. The lowest BCUT2D eigenvalue weighted by atomic mass is 10.1. The van der Waals surface area contributed by atoms with E-state index >= 15 is 0 Å².